The first-order chi connectivity index (χ1) is 31.2. The lowest BCUT2D eigenvalue weighted by Crippen LogP contribution is -2.36. The smallest absolute Gasteiger partial charge is 0.138 e. The summed E-state index contributed by atoms with van der Waals surface area (Å²) in [6.45, 7) is 0. The van der Waals surface area contributed by atoms with Gasteiger partial charge in [-0.1, -0.05) is 170 Å². The highest BCUT2D eigenvalue weighted by atomic mass is 15.2. The highest BCUT2D eigenvalue weighted by molar-refractivity contribution is 5.97. The fraction of sp³-hybridized carbons (Fsp3) is 0.0169. The van der Waals surface area contributed by atoms with Gasteiger partial charge in [0.05, 0.1) is 39.8 Å². The number of nitrogens with zero attached hydrogens (tertiary/aromatic N) is 3. The number of para-hydroxylation sites is 3. The van der Waals surface area contributed by atoms with Crippen LogP contribution in [-0.4, -0.2) is 9.97 Å². The number of aromatic nitrogens is 2. The zero-order valence-corrected chi connectivity index (χ0v) is 34.2. The van der Waals surface area contributed by atoms with Gasteiger partial charge in [0.25, 0.3) is 0 Å². The van der Waals surface area contributed by atoms with Gasteiger partial charge in [-0.3, -0.25) is 0 Å². The van der Waals surface area contributed by atoms with Crippen LogP contribution in [0.25, 0.3) is 67.3 Å². The Bertz CT molecular complexity index is 3380. The Morgan fingerprint density at radius 2 is 0.937 bits per heavy atom. The first-order valence-electron chi connectivity index (χ1n) is 21.3. The lowest BCUT2D eigenvalue weighted by Gasteiger charge is -2.45. The summed E-state index contributed by atoms with van der Waals surface area (Å²) in [4.78, 5) is 11.5. The molecule has 9 aromatic carbocycles. The Morgan fingerprint density at radius 1 is 0.413 bits per heavy atom. The molecule has 0 atom stereocenters. The van der Waals surface area contributed by atoms with Gasteiger partial charge in [0.1, 0.15) is 5.82 Å². The van der Waals surface area contributed by atoms with Crippen LogP contribution in [0, 0.1) is 11.3 Å². The number of nitriles is 1. The molecule has 0 fully saturated rings. The third-order valence-corrected chi connectivity index (χ3v) is 12.9. The van der Waals surface area contributed by atoms with Crippen LogP contribution in [0.5, 0.6) is 0 Å². The maximum Gasteiger partial charge on any atom is 0.138 e. The predicted octanol–water partition coefficient (Wildman–Crippen LogP) is 14.8. The molecule has 12 rings (SSSR count). The van der Waals surface area contributed by atoms with Gasteiger partial charge in [-0.05, 0) is 110 Å². The Balaban J connectivity index is 1.02. The van der Waals surface area contributed by atoms with Crippen LogP contribution in [0.4, 0.5) is 17.1 Å². The van der Waals surface area contributed by atoms with Crippen LogP contribution in [-0.2, 0) is 5.41 Å². The van der Waals surface area contributed by atoms with E-state index in [1.54, 1.807) is 0 Å². The quantitative estimate of drug-likeness (QED) is 0.182. The molecule has 4 nitrogen and oxygen atoms in total. The number of anilines is 3. The van der Waals surface area contributed by atoms with Gasteiger partial charge in [-0.25, -0.2) is 4.98 Å². The number of imidazole rings is 1. The summed E-state index contributed by atoms with van der Waals surface area (Å²) in [7, 11) is 0. The van der Waals surface area contributed by atoms with E-state index in [4.69, 9.17) is 4.98 Å². The normalized spacial score (nSPS) is 12.8. The molecule has 0 unspecified atom stereocenters. The summed E-state index contributed by atoms with van der Waals surface area (Å²) in [6, 6.07) is 82.3. The Kier molecular flexibility index (Phi) is 8.42. The van der Waals surface area contributed by atoms with Crippen molar-refractivity contribution in [1.29, 1.82) is 5.26 Å². The molecule has 0 radical (unpaired) electrons. The van der Waals surface area contributed by atoms with Gasteiger partial charge in [0, 0.05) is 22.4 Å². The van der Waals surface area contributed by atoms with Crippen LogP contribution in [0.2, 0.25) is 0 Å². The number of benzene rings is 9. The van der Waals surface area contributed by atoms with Crippen molar-refractivity contribution in [2.45, 2.75) is 5.41 Å². The standard InChI is InChI=1S/C59H38N4/c60-38-39-16-13-19-41(34-39)43-21-15-23-46(36-43)58-61-56(40-17-3-1-4-18-40)57(62-58)45-22-14-20-42(35-45)44-32-33-49-48-26-7-8-27-50(48)59(53(49)37-44)51-28-9-11-30-54(51)63(47-24-5-2-6-25-47)55-31-12-10-29-52(55)59/h1-37H,(H,61,62). The second kappa shape index (κ2) is 14.6. The van der Waals surface area contributed by atoms with Crippen molar-refractivity contribution >= 4 is 17.1 Å². The van der Waals surface area contributed by atoms with Gasteiger partial charge in [0.2, 0.25) is 0 Å². The molecule has 1 aliphatic carbocycles. The molecule has 2 aliphatic rings. The van der Waals surface area contributed by atoms with E-state index in [1.807, 2.05) is 30.3 Å². The summed E-state index contributed by atoms with van der Waals surface area (Å²) in [5.41, 5.74) is 20.4. The first-order valence-corrected chi connectivity index (χ1v) is 21.3. The summed E-state index contributed by atoms with van der Waals surface area (Å²) in [5, 5.41) is 9.57. The van der Waals surface area contributed by atoms with Crippen LogP contribution >= 0.6 is 0 Å². The summed E-state index contributed by atoms with van der Waals surface area (Å²) in [5.74, 6) is 0.781. The van der Waals surface area contributed by atoms with Crippen molar-refractivity contribution in [2.24, 2.45) is 0 Å². The van der Waals surface area contributed by atoms with Crippen LogP contribution in [0.1, 0.15) is 27.8 Å². The van der Waals surface area contributed by atoms with Crippen LogP contribution in [0.3, 0.4) is 0 Å². The highest BCUT2D eigenvalue weighted by Gasteiger charge is 2.51. The van der Waals surface area contributed by atoms with Gasteiger partial charge < -0.3 is 9.88 Å². The van der Waals surface area contributed by atoms with E-state index in [9.17, 15) is 5.26 Å². The lowest BCUT2D eigenvalue weighted by molar-refractivity contribution is 0.753. The molecule has 0 saturated heterocycles. The number of H-pyrrole nitrogens is 1. The van der Waals surface area contributed by atoms with Crippen molar-refractivity contribution in [3.63, 3.8) is 0 Å². The molecule has 2 heterocycles. The van der Waals surface area contributed by atoms with Crippen LogP contribution in [0.15, 0.2) is 224 Å². The van der Waals surface area contributed by atoms with Crippen molar-refractivity contribution in [2.75, 3.05) is 4.90 Å². The first kappa shape index (κ1) is 36.3. The molecular formula is C59H38N4. The minimum atomic E-state index is -0.542. The molecular weight excluding hydrogens is 765 g/mol. The van der Waals surface area contributed by atoms with E-state index in [2.05, 4.69) is 210 Å². The summed E-state index contributed by atoms with van der Waals surface area (Å²) < 4.78 is 0. The predicted molar refractivity (Wildman–Crippen MR) is 256 cm³/mol. The summed E-state index contributed by atoms with van der Waals surface area (Å²) in [6.07, 6.45) is 0. The molecule has 1 aromatic heterocycles. The molecule has 10 aromatic rings. The second-order valence-electron chi connectivity index (χ2n) is 16.3. The minimum Gasteiger partial charge on any atom is -0.337 e. The molecule has 1 aliphatic heterocycles. The molecule has 0 amide bonds. The Labute approximate surface area is 366 Å². The van der Waals surface area contributed by atoms with E-state index in [0.717, 1.165) is 61.8 Å². The molecule has 0 saturated carbocycles. The Hall–Kier alpha value is -8.52. The average Bonchev–Trinajstić information content (AvgIpc) is 3.94. The maximum atomic E-state index is 9.57. The second-order valence-corrected chi connectivity index (χ2v) is 16.3. The number of hydrogen-bond acceptors (Lipinski definition) is 3. The van der Waals surface area contributed by atoms with Gasteiger partial charge in [-0.2, -0.15) is 5.26 Å². The molecule has 1 N–H and O–H groups in total. The molecule has 0 bridgehead atoms. The fourth-order valence-electron chi connectivity index (χ4n) is 10.1. The van der Waals surface area contributed by atoms with Gasteiger partial charge in [-0.15, -0.1) is 0 Å². The van der Waals surface area contributed by atoms with Crippen molar-refractivity contribution in [3.8, 4) is 73.4 Å². The van der Waals surface area contributed by atoms with Crippen LogP contribution < -0.4 is 4.90 Å². The van der Waals surface area contributed by atoms with E-state index >= 15 is 0 Å². The van der Waals surface area contributed by atoms with Crippen molar-refractivity contribution in [3.05, 3.63) is 252 Å². The van der Waals surface area contributed by atoms with E-state index in [-0.39, 0.29) is 0 Å². The fourth-order valence-corrected chi connectivity index (χ4v) is 10.1. The third kappa shape index (κ3) is 5.72. The third-order valence-electron chi connectivity index (χ3n) is 12.9. The number of hydrogen-bond donors (Lipinski definition) is 1. The lowest BCUT2D eigenvalue weighted by atomic mass is 9.64. The SMILES string of the molecule is N#Cc1cccc(-c2cccc(-c3nc(-c4cccc(-c5ccc6c(c5)C5(c7ccccc7-6)c6ccccc6N(c6ccccc6)c6ccccc65)c4)c(-c4ccccc4)[nH]3)c2)c1. The molecule has 63 heavy (non-hydrogen) atoms. The number of aromatic amines is 1. The average molecular weight is 803 g/mol. The van der Waals surface area contributed by atoms with E-state index in [0.29, 0.717) is 5.56 Å². The number of nitrogens with one attached hydrogen (secondary N) is 1. The largest absolute Gasteiger partial charge is 0.337 e. The molecule has 294 valence electrons. The minimum absolute atomic E-state index is 0.542. The molecule has 1 spiro atoms. The van der Waals surface area contributed by atoms with Crippen molar-refractivity contribution < 1.29 is 0 Å². The monoisotopic (exact) mass is 802 g/mol. The Morgan fingerprint density at radius 3 is 1.65 bits per heavy atom. The summed E-state index contributed by atoms with van der Waals surface area (Å²) >= 11 is 0. The number of fused-ring (bicyclic) bond motifs is 9. The van der Waals surface area contributed by atoms with Gasteiger partial charge in [0.15, 0.2) is 0 Å². The van der Waals surface area contributed by atoms with E-state index < -0.39 is 5.41 Å². The number of rotatable bonds is 6. The van der Waals surface area contributed by atoms with Crippen molar-refractivity contribution in [1.82, 2.24) is 9.97 Å². The zero-order valence-electron chi connectivity index (χ0n) is 34.2. The maximum absolute atomic E-state index is 9.57. The molecule has 4 heteroatoms. The topological polar surface area (TPSA) is 55.7 Å². The highest BCUT2D eigenvalue weighted by Crippen LogP contribution is 2.63. The van der Waals surface area contributed by atoms with Gasteiger partial charge >= 0.3 is 0 Å². The van der Waals surface area contributed by atoms with E-state index in [1.165, 1.54) is 44.8 Å². The zero-order chi connectivity index (χ0) is 41.9.